The predicted molar refractivity (Wildman–Crippen MR) is 183 cm³/mol. The molecular formula is C39H65NO8. The highest BCUT2D eigenvalue weighted by Gasteiger charge is 2.73. The summed E-state index contributed by atoms with van der Waals surface area (Å²) in [5.41, 5.74) is -5.03. The Hall–Kier alpha value is -1.07. The maximum atomic E-state index is 14.4. The number of Topliss-reactive ketones (excluding diaryl/α,β-unsaturated/α-hetero) is 1. The molecule has 9 nitrogen and oxygen atoms in total. The van der Waals surface area contributed by atoms with E-state index in [0.717, 1.165) is 32.1 Å². The molecule has 14 unspecified atom stereocenters. The summed E-state index contributed by atoms with van der Waals surface area (Å²) in [4.78, 5) is 14.4. The number of fused-ring (bicyclic) bond motifs is 6. The molecule has 4 saturated carbocycles. The van der Waals surface area contributed by atoms with E-state index in [9.17, 15) is 35.4 Å². The van der Waals surface area contributed by atoms with Crippen molar-refractivity contribution in [3.05, 3.63) is 11.3 Å². The Morgan fingerprint density at radius 1 is 1.00 bits per heavy atom. The van der Waals surface area contributed by atoms with Crippen molar-refractivity contribution in [2.24, 2.45) is 40.4 Å². The van der Waals surface area contributed by atoms with Gasteiger partial charge in [0.1, 0.15) is 5.60 Å². The molecule has 274 valence electrons. The Morgan fingerprint density at radius 2 is 1.75 bits per heavy atom. The van der Waals surface area contributed by atoms with Gasteiger partial charge in [0.05, 0.1) is 47.9 Å². The van der Waals surface area contributed by atoms with Gasteiger partial charge in [-0.25, -0.2) is 0 Å². The lowest BCUT2D eigenvalue weighted by Crippen LogP contribution is -2.68. The summed E-state index contributed by atoms with van der Waals surface area (Å²) in [5, 5.41) is 73.8. The highest BCUT2D eigenvalue weighted by Crippen LogP contribution is 2.70. The minimum atomic E-state index is -1.56. The minimum absolute atomic E-state index is 0.139. The maximum absolute atomic E-state index is 14.4. The van der Waals surface area contributed by atoms with Gasteiger partial charge in [0.2, 0.25) is 0 Å². The molecule has 0 aromatic rings. The molecule has 48 heavy (non-hydrogen) atoms. The van der Waals surface area contributed by atoms with Crippen molar-refractivity contribution in [2.45, 2.75) is 172 Å². The molecule has 1 saturated heterocycles. The number of nitrogens with one attached hydrogen (secondary N) is 1. The van der Waals surface area contributed by atoms with Crippen LogP contribution in [0.1, 0.15) is 131 Å². The average molecular weight is 676 g/mol. The Bertz CT molecular complexity index is 1240. The summed E-state index contributed by atoms with van der Waals surface area (Å²) in [7, 11) is 0. The lowest BCUT2D eigenvalue weighted by atomic mass is 9.44. The molecule has 6 aliphatic rings. The molecular weight excluding hydrogens is 610 g/mol. The number of ether oxygens (including phenoxy) is 1. The fourth-order valence-corrected chi connectivity index (χ4v) is 12.3. The summed E-state index contributed by atoms with van der Waals surface area (Å²) < 4.78 is 6.52. The van der Waals surface area contributed by atoms with Crippen LogP contribution in [0.5, 0.6) is 0 Å². The molecule has 6 rings (SSSR count). The Kier molecular flexibility index (Phi) is 10.1. The zero-order chi connectivity index (χ0) is 34.9. The first-order chi connectivity index (χ1) is 22.6. The normalized spacial score (nSPS) is 47.8. The third-order valence-corrected chi connectivity index (χ3v) is 15.1. The highest BCUT2D eigenvalue weighted by molar-refractivity contribution is 5.99. The second-order valence-corrected chi connectivity index (χ2v) is 17.8. The van der Waals surface area contributed by atoms with Gasteiger partial charge in [-0.05, 0) is 106 Å². The number of hydrogen-bond donors (Lipinski definition) is 7. The van der Waals surface area contributed by atoms with Crippen LogP contribution in [0.4, 0.5) is 0 Å². The molecule has 0 radical (unpaired) electrons. The number of hydrogen-bond acceptors (Lipinski definition) is 9. The number of allylic oxidation sites excluding steroid dienone is 1. The van der Waals surface area contributed by atoms with Crippen molar-refractivity contribution in [2.75, 3.05) is 13.2 Å². The lowest BCUT2D eigenvalue weighted by Gasteiger charge is -2.62. The number of carbonyl (C=O) groups excluding carboxylic acids is 1. The molecule has 14 atom stereocenters. The molecule has 5 fully saturated rings. The number of ketones is 1. The van der Waals surface area contributed by atoms with Crippen LogP contribution in [0.15, 0.2) is 11.3 Å². The number of aliphatic hydroxyl groups is 6. The number of aliphatic hydroxyl groups excluding tert-OH is 3. The predicted octanol–water partition coefficient (Wildman–Crippen LogP) is 4.15. The van der Waals surface area contributed by atoms with E-state index in [1.807, 2.05) is 13.8 Å². The molecule has 0 aromatic carbocycles. The van der Waals surface area contributed by atoms with Gasteiger partial charge in [0, 0.05) is 17.9 Å². The van der Waals surface area contributed by atoms with E-state index in [0.29, 0.717) is 55.9 Å². The Balaban J connectivity index is 1.36. The maximum Gasteiger partial charge on any atom is 0.182 e. The SMILES string of the molecule is CCCCCCC1COC2C1CCCCC2(O)C(C)(O)C1CCC2(O)C3=C(NCC(C)O)C(=O)C4CC(O)C(O)CC4(C)C3CCC12C. The molecule has 1 heterocycles. The molecule has 7 N–H and O–H groups in total. The van der Waals surface area contributed by atoms with E-state index in [2.05, 4.69) is 12.2 Å². The standard InChI is InChI=1S/C39H65NO8/c1-6-7-8-9-12-24-22-48-34-25(24)13-10-11-16-39(34,47)37(5,45)30-15-18-38(46)31-26(14-17-36(30,38)4)35(3)20-29(43)28(42)19-27(35)33(44)32(31)40-21-23(2)41/h23-30,34,40-43,45-47H,6-22H2,1-5H3. The second-order valence-electron chi connectivity index (χ2n) is 17.8. The number of unbranched alkanes of at least 4 members (excludes halogenated alkanes) is 3. The van der Waals surface area contributed by atoms with Gasteiger partial charge in [-0.3, -0.25) is 4.79 Å². The number of rotatable bonds is 10. The first-order valence-corrected chi connectivity index (χ1v) is 19.4. The van der Waals surface area contributed by atoms with Crippen LogP contribution in [-0.2, 0) is 9.53 Å². The van der Waals surface area contributed by atoms with Crippen molar-refractivity contribution in [3.8, 4) is 0 Å². The zero-order valence-electron chi connectivity index (χ0n) is 30.2. The number of carbonyl (C=O) groups is 1. The van der Waals surface area contributed by atoms with Crippen LogP contribution in [0.3, 0.4) is 0 Å². The Labute approximate surface area is 287 Å². The van der Waals surface area contributed by atoms with E-state index in [1.54, 1.807) is 13.8 Å². The van der Waals surface area contributed by atoms with E-state index >= 15 is 0 Å². The minimum Gasteiger partial charge on any atom is -0.392 e. The molecule has 0 spiro atoms. The summed E-state index contributed by atoms with van der Waals surface area (Å²) in [6.45, 7) is 10.5. The van der Waals surface area contributed by atoms with Crippen LogP contribution >= 0.6 is 0 Å². The first-order valence-electron chi connectivity index (χ1n) is 19.4. The highest BCUT2D eigenvalue weighted by atomic mass is 16.5. The van der Waals surface area contributed by atoms with Gasteiger partial charge >= 0.3 is 0 Å². The van der Waals surface area contributed by atoms with Crippen molar-refractivity contribution < 1.29 is 40.2 Å². The fraction of sp³-hybridized carbons (Fsp3) is 0.923. The average Bonchev–Trinajstić information content (AvgIpc) is 3.50. The van der Waals surface area contributed by atoms with Gasteiger partial charge in [0.15, 0.2) is 5.78 Å². The molecule has 1 aliphatic heterocycles. The van der Waals surface area contributed by atoms with Gasteiger partial charge in [0.25, 0.3) is 0 Å². The van der Waals surface area contributed by atoms with Gasteiger partial charge in [-0.2, -0.15) is 0 Å². The van der Waals surface area contributed by atoms with Gasteiger partial charge in [-0.15, -0.1) is 0 Å². The van der Waals surface area contributed by atoms with Crippen molar-refractivity contribution in [3.63, 3.8) is 0 Å². The summed E-state index contributed by atoms with van der Waals surface area (Å²) in [6.07, 6.45) is 8.42. The van der Waals surface area contributed by atoms with Crippen molar-refractivity contribution in [1.82, 2.24) is 5.32 Å². The fourth-order valence-electron chi connectivity index (χ4n) is 12.3. The zero-order valence-corrected chi connectivity index (χ0v) is 30.2. The van der Waals surface area contributed by atoms with Crippen LogP contribution in [0.2, 0.25) is 0 Å². The third-order valence-electron chi connectivity index (χ3n) is 15.1. The Morgan fingerprint density at radius 3 is 2.46 bits per heavy atom. The molecule has 0 aromatic heterocycles. The first kappa shape index (κ1) is 36.7. The van der Waals surface area contributed by atoms with Crippen molar-refractivity contribution >= 4 is 5.78 Å². The topological polar surface area (TPSA) is 160 Å². The summed E-state index contributed by atoms with van der Waals surface area (Å²) in [5.74, 6) is -0.827. The second kappa shape index (κ2) is 13.2. The van der Waals surface area contributed by atoms with E-state index < -0.39 is 63.9 Å². The quantitative estimate of drug-likeness (QED) is 0.169. The van der Waals surface area contributed by atoms with Crippen molar-refractivity contribution in [1.29, 1.82) is 0 Å². The van der Waals surface area contributed by atoms with E-state index in [4.69, 9.17) is 4.74 Å². The monoisotopic (exact) mass is 675 g/mol. The van der Waals surface area contributed by atoms with Crippen LogP contribution < -0.4 is 5.32 Å². The molecule has 5 aliphatic carbocycles. The molecule has 0 amide bonds. The lowest BCUT2D eigenvalue weighted by molar-refractivity contribution is -0.248. The largest absolute Gasteiger partial charge is 0.392 e. The van der Waals surface area contributed by atoms with E-state index in [-0.39, 0.29) is 37.0 Å². The van der Waals surface area contributed by atoms with Crippen LogP contribution in [0, 0.1) is 40.4 Å². The molecule has 0 bridgehead atoms. The summed E-state index contributed by atoms with van der Waals surface area (Å²) in [6, 6.07) is 0. The van der Waals surface area contributed by atoms with Gasteiger partial charge < -0.3 is 40.7 Å². The van der Waals surface area contributed by atoms with Crippen LogP contribution in [0.25, 0.3) is 0 Å². The van der Waals surface area contributed by atoms with Gasteiger partial charge in [-0.1, -0.05) is 59.3 Å². The molecule has 9 heteroatoms. The summed E-state index contributed by atoms with van der Waals surface area (Å²) >= 11 is 0. The third kappa shape index (κ3) is 5.47. The smallest absolute Gasteiger partial charge is 0.182 e. The van der Waals surface area contributed by atoms with E-state index in [1.165, 1.54) is 19.3 Å². The van der Waals surface area contributed by atoms with Crippen LogP contribution in [-0.4, -0.2) is 90.8 Å².